The highest BCUT2D eigenvalue weighted by Gasteiger charge is 2.20. The van der Waals surface area contributed by atoms with E-state index in [2.05, 4.69) is 17.2 Å². The molecule has 0 amide bonds. The van der Waals surface area contributed by atoms with Crippen LogP contribution in [0, 0.1) is 0 Å². The van der Waals surface area contributed by atoms with E-state index in [9.17, 15) is 0 Å². The lowest BCUT2D eigenvalue weighted by atomic mass is 10.2. The lowest BCUT2D eigenvalue weighted by molar-refractivity contribution is -0.939. The monoisotopic (exact) mass is 308 g/mol. The first-order valence-corrected chi connectivity index (χ1v) is 7.82. The lowest BCUT2D eigenvalue weighted by Crippen LogP contribution is -3.15. The second kappa shape index (κ2) is 6.56. The van der Waals surface area contributed by atoms with Gasteiger partial charge in [0.15, 0.2) is 6.54 Å². The summed E-state index contributed by atoms with van der Waals surface area (Å²) in [6, 6.07) is 7.50. The summed E-state index contributed by atoms with van der Waals surface area (Å²) in [5.74, 6) is 1.35. The van der Waals surface area contributed by atoms with E-state index < -0.39 is 0 Å². The largest absolute Gasteiger partial charge is 0.333 e. The van der Waals surface area contributed by atoms with Crippen molar-refractivity contribution in [2.24, 2.45) is 0 Å². The fourth-order valence-electron chi connectivity index (χ4n) is 2.71. The minimum atomic E-state index is 0.638. The van der Waals surface area contributed by atoms with Crippen molar-refractivity contribution in [3.05, 3.63) is 35.2 Å². The first-order chi connectivity index (χ1) is 10.2. The second-order valence-electron chi connectivity index (χ2n) is 5.76. The molecular weight excluding hydrogens is 288 g/mol. The van der Waals surface area contributed by atoms with Crippen molar-refractivity contribution in [3.63, 3.8) is 0 Å². The maximum Gasteiger partial charge on any atom is 0.282 e. The van der Waals surface area contributed by atoms with Crippen molar-refractivity contribution >= 4 is 11.6 Å². The Bertz CT molecular complexity index is 584. The minimum Gasteiger partial charge on any atom is -0.333 e. The predicted molar refractivity (Wildman–Crippen MR) is 80.4 cm³/mol. The molecule has 2 heterocycles. The third kappa shape index (κ3) is 3.81. The number of halogens is 1. The summed E-state index contributed by atoms with van der Waals surface area (Å²) in [5.41, 5.74) is 0.935. The van der Waals surface area contributed by atoms with Crippen molar-refractivity contribution in [2.45, 2.75) is 13.0 Å². The van der Waals surface area contributed by atoms with Crippen molar-refractivity contribution in [1.29, 1.82) is 0 Å². The van der Waals surface area contributed by atoms with Crippen LogP contribution >= 0.6 is 11.6 Å². The summed E-state index contributed by atoms with van der Waals surface area (Å²) in [7, 11) is 2.26. The summed E-state index contributed by atoms with van der Waals surface area (Å²) in [6.07, 6.45) is 1.25. The van der Waals surface area contributed by atoms with Crippen molar-refractivity contribution in [1.82, 2.24) is 10.1 Å². The topological polar surface area (TPSA) is 47.8 Å². The predicted octanol–water partition coefficient (Wildman–Crippen LogP) is -0.307. The highest BCUT2D eigenvalue weighted by molar-refractivity contribution is 6.30. The average molecular weight is 309 g/mol. The van der Waals surface area contributed by atoms with E-state index in [4.69, 9.17) is 16.1 Å². The second-order valence-corrected chi connectivity index (χ2v) is 6.19. The van der Waals surface area contributed by atoms with E-state index in [-0.39, 0.29) is 0 Å². The van der Waals surface area contributed by atoms with Crippen molar-refractivity contribution in [2.75, 3.05) is 33.2 Å². The van der Waals surface area contributed by atoms with Crippen LogP contribution < -0.4 is 9.80 Å². The van der Waals surface area contributed by atoms with Crippen LogP contribution in [-0.2, 0) is 6.54 Å². The molecule has 0 spiro atoms. The molecule has 3 rings (SSSR count). The zero-order valence-electron chi connectivity index (χ0n) is 12.2. The fraction of sp³-hybridized carbons (Fsp3) is 0.467. The number of hydrogen-bond acceptors (Lipinski definition) is 3. The molecule has 6 heteroatoms. The van der Waals surface area contributed by atoms with Gasteiger partial charge in [-0.2, -0.15) is 4.98 Å². The Morgan fingerprint density at radius 3 is 2.76 bits per heavy atom. The molecule has 2 aromatic rings. The minimum absolute atomic E-state index is 0.638. The molecule has 1 aromatic heterocycles. The SMILES string of the molecule is C[NH+]1CCC[NH+](Cc2nc(-c3ccc(Cl)cc3)no2)CC1. The van der Waals surface area contributed by atoms with Crippen LogP contribution in [-0.4, -0.2) is 43.4 Å². The first kappa shape index (κ1) is 14.5. The molecule has 1 aliphatic heterocycles. The van der Waals surface area contributed by atoms with Gasteiger partial charge in [-0.05, 0) is 24.3 Å². The van der Waals surface area contributed by atoms with Gasteiger partial charge in [-0.15, -0.1) is 0 Å². The van der Waals surface area contributed by atoms with E-state index >= 15 is 0 Å². The third-order valence-electron chi connectivity index (χ3n) is 4.01. The van der Waals surface area contributed by atoms with Gasteiger partial charge in [0.1, 0.15) is 13.1 Å². The van der Waals surface area contributed by atoms with Crippen LogP contribution in [0.15, 0.2) is 28.8 Å². The van der Waals surface area contributed by atoms with Crippen molar-refractivity contribution < 1.29 is 14.3 Å². The Morgan fingerprint density at radius 2 is 1.95 bits per heavy atom. The van der Waals surface area contributed by atoms with Crippen LogP contribution in [0.25, 0.3) is 11.4 Å². The van der Waals surface area contributed by atoms with E-state index in [1.807, 2.05) is 24.3 Å². The summed E-state index contributed by atoms with van der Waals surface area (Å²) in [4.78, 5) is 7.64. The summed E-state index contributed by atoms with van der Waals surface area (Å²) in [5, 5.41) is 4.78. The molecule has 2 atom stereocenters. The van der Waals surface area contributed by atoms with Gasteiger partial charge >= 0.3 is 0 Å². The fourth-order valence-corrected chi connectivity index (χ4v) is 2.84. The Morgan fingerprint density at radius 1 is 1.14 bits per heavy atom. The molecule has 2 unspecified atom stereocenters. The van der Waals surface area contributed by atoms with E-state index in [0.717, 1.165) is 24.5 Å². The molecule has 112 valence electrons. The van der Waals surface area contributed by atoms with Gasteiger partial charge in [0.2, 0.25) is 5.82 Å². The molecule has 1 aliphatic rings. The first-order valence-electron chi connectivity index (χ1n) is 7.44. The van der Waals surface area contributed by atoms with Gasteiger partial charge in [-0.1, -0.05) is 16.8 Å². The molecule has 0 aliphatic carbocycles. The number of quaternary nitrogens is 2. The number of benzene rings is 1. The summed E-state index contributed by atoms with van der Waals surface area (Å²) < 4.78 is 5.40. The van der Waals surface area contributed by atoms with Gasteiger partial charge in [0.25, 0.3) is 5.89 Å². The normalized spacial score (nSPS) is 23.0. The van der Waals surface area contributed by atoms with Gasteiger partial charge in [0.05, 0.1) is 20.1 Å². The van der Waals surface area contributed by atoms with Crippen LogP contribution in [0.5, 0.6) is 0 Å². The average Bonchev–Trinajstić information content (AvgIpc) is 2.84. The molecule has 1 saturated heterocycles. The van der Waals surface area contributed by atoms with E-state index in [0.29, 0.717) is 10.8 Å². The number of nitrogens with zero attached hydrogens (tertiary/aromatic N) is 2. The van der Waals surface area contributed by atoms with Gasteiger partial charge in [-0.3, -0.25) is 0 Å². The molecule has 0 saturated carbocycles. The smallest absolute Gasteiger partial charge is 0.282 e. The number of hydrogen-bond donors (Lipinski definition) is 2. The molecule has 1 aromatic carbocycles. The molecule has 2 N–H and O–H groups in total. The number of aromatic nitrogens is 2. The Kier molecular flexibility index (Phi) is 4.53. The van der Waals surface area contributed by atoms with Crippen LogP contribution in [0.1, 0.15) is 12.3 Å². The Balaban J connectivity index is 1.66. The molecule has 21 heavy (non-hydrogen) atoms. The zero-order valence-corrected chi connectivity index (χ0v) is 13.0. The molecule has 1 fully saturated rings. The molecule has 0 bridgehead atoms. The standard InChI is InChI=1S/C15H19ClN4O/c1-19-7-2-8-20(10-9-19)11-14-17-15(18-21-14)12-3-5-13(16)6-4-12/h3-6H,2,7-11H2,1H3/p+2. The molecular formula is C15H21ClN4O+2. The number of likely N-dealkylation sites (N-methyl/N-ethyl adjacent to an activating group) is 1. The summed E-state index contributed by atoms with van der Waals surface area (Å²) >= 11 is 5.89. The molecule has 5 nitrogen and oxygen atoms in total. The maximum atomic E-state index is 5.89. The lowest BCUT2D eigenvalue weighted by Gasteiger charge is -2.13. The quantitative estimate of drug-likeness (QED) is 0.818. The van der Waals surface area contributed by atoms with E-state index in [1.165, 1.54) is 31.0 Å². The molecule has 0 radical (unpaired) electrons. The Labute approximate surface area is 129 Å². The maximum absolute atomic E-state index is 5.89. The van der Waals surface area contributed by atoms with Crippen LogP contribution in [0.4, 0.5) is 0 Å². The van der Waals surface area contributed by atoms with E-state index in [1.54, 1.807) is 4.90 Å². The zero-order chi connectivity index (χ0) is 14.7. The number of rotatable bonds is 3. The van der Waals surface area contributed by atoms with Crippen LogP contribution in [0.3, 0.4) is 0 Å². The van der Waals surface area contributed by atoms with Gasteiger partial charge in [-0.25, -0.2) is 0 Å². The van der Waals surface area contributed by atoms with Gasteiger partial charge in [0, 0.05) is 17.0 Å². The number of nitrogens with one attached hydrogen (secondary N) is 2. The van der Waals surface area contributed by atoms with Crippen molar-refractivity contribution in [3.8, 4) is 11.4 Å². The highest BCUT2D eigenvalue weighted by Crippen LogP contribution is 2.18. The summed E-state index contributed by atoms with van der Waals surface area (Å²) in [6.45, 7) is 5.60. The Hall–Kier alpha value is -1.43. The van der Waals surface area contributed by atoms with Gasteiger partial charge < -0.3 is 14.3 Å². The van der Waals surface area contributed by atoms with Crippen LogP contribution in [0.2, 0.25) is 5.02 Å². The third-order valence-corrected chi connectivity index (χ3v) is 4.26. The highest BCUT2D eigenvalue weighted by atomic mass is 35.5.